The van der Waals surface area contributed by atoms with Crippen molar-refractivity contribution in [2.45, 2.75) is 6.10 Å². The lowest BCUT2D eigenvalue weighted by molar-refractivity contribution is 0.294. The number of nitrogens with zero attached hydrogens (tertiary/aromatic N) is 3. The lowest BCUT2D eigenvalue weighted by Gasteiger charge is -2.35. The van der Waals surface area contributed by atoms with E-state index in [4.69, 9.17) is 4.74 Å². The third-order valence-corrected chi connectivity index (χ3v) is 11.6. The largest absolute Gasteiger partial charge is 0.465 e. The Labute approximate surface area is 324 Å². The van der Waals surface area contributed by atoms with Crippen molar-refractivity contribution in [1.82, 2.24) is 9.14 Å². The summed E-state index contributed by atoms with van der Waals surface area (Å²) in [6.45, 7) is 0. The number of para-hydroxylation sites is 5. The van der Waals surface area contributed by atoms with Crippen LogP contribution in [0, 0.1) is 0 Å². The molecular formula is C52H34N3O+. The van der Waals surface area contributed by atoms with Crippen LogP contribution in [0.5, 0.6) is 5.75 Å². The van der Waals surface area contributed by atoms with Crippen molar-refractivity contribution in [2.75, 3.05) is 4.90 Å². The van der Waals surface area contributed by atoms with Crippen molar-refractivity contribution in [2.24, 2.45) is 0 Å². The fourth-order valence-electron chi connectivity index (χ4n) is 9.27. The Morgan fingerprint density at radius 3 is 2.04 bits per heavy atom. The molecule has 0 radical (unpaired) electrons. The summed E-state index contributed by atoms with van der Waals surface area (Å²) in [5.74, 6) is 0.893. The van der Waals surface area contributed by atoms with Gasteiger partial charge in [-0.3, -0.25) is 0 Å². The fraction of sp³-hybridized carbons (Fsp3) is 0.0192. The van der Waals surface area contributed by atoms with Gasteiger partial charge < -0.3 is 14.2 Å². The molecule has 1 aliphatic carbocycles. The van der Waals surface area contributed by atoms with E-state index in [1.807, 2.05) is 0 Å². The molecule has 0 saturated carbocycles. The molecule has 3 aliphatic rings. The van der Waals surface area contributed by atoms with E-state index in [0.29, 0.717) is 0 Å². The van der Waals surface area contributed by atoms with Crippen molar-refractivity contribution in [1.29, 1.82) is 0 Å². The Hall–Kier alpha value is -7.43. The van der Waals surface area contributed by atoms with E-state index in [2.05, 4.69) is 214 Å². The maximum Gasteiger partial charge on any atom is 0.255 e. The van der Waals surface area contributed by atoms with Crippen molar-refractivity contribution < 1.29 is 4.74 Å². The number of fused-ring (bicyclic) bond motifs is 5. The molecular weight excluding hydrogens is 683 g/mol. The summed E-state index contributed by atoms with van der Waals surface area (Å²) in [4.78, 5) is 2.39. The molecule has 56 heavy (non-hydrogen) atoms. The van der Waals surface area contributed by atoms with E-state index in [0.717, 1.165) is 78.6 Å². The molecule has 0 N–H and O–H groups in total. The number of aromatic nitrogens is 1. The summed E-state index contributed by atoms with van der Waals surface area (Å²) >= 11 is 0. The molecule has 9 aromatic rings. The predicted molar refractivity (Wildman–Crippen MR) is 232 cm³/mol. The van der Waals surface area contributed by atoms with Gasteiger partial charge in [-0.25, -0.2) is 0 Å². The van der Waals surface area contributed by atoms with E-state index in [-0.39, 0.29) is 6.10 Å². The van der Waals surface area contributed by atoms with E-state index >= 15 is 0 Å². The second-order valence-corrected chi connectivity index (χ2v) is 14.7. The van der Waals surface area contributed by atoms with Gasteiger partial charge in [0.15, 0.2) is 0 Å². The molecule has 0 spiro atoms. The third kappa shape index (κ3) is 4.44. The molecule has 2 aliphatic heterocycles. The topological polar surface area (TPSA) is 20.4 Å². The van der Waals surface area contributed by atoms with Gasteiger partial charge in [-0.2, -0.15) is 4.58 Å². The van der Waals surface area contributed by atoms with Crippen LogP contribution in [0.25, 0.3) is 60.5 Å². The molecule has 262 valence electrons. The van der Waals surface area contributed by atoms with Gasteiger partial charge in [0.1, 0.15) is 0 Å². The average Bonchev–Trinajstić information content (AvgIpc) is 3.62. The highest BCUT2D eigenvalue weighted by molar-refractivity contribution is 6.18. The summed E-state index contributed by atoms with van der Waals surface area (Å²) in [7, 11) is 0. The van der Waals surface area contributed by atoms with Gasteiger partial charge >= 0.3 is 0 Å². The Bertz CT molecular complexity index is 3160. The Kier molecular flexibility index (Phi) is 6.66. The zero-order chi connectivity index (χ0) is 36.7. The van der Waals surface area contributed by atoms with Crippen LogP contribution in [0.2, 0.25) is 0 Å². The molecule has 0 saturated heterocycles. The van der Waals surface area contributed by atoms with Crippen LogP contribution in [-0.2, 0) is 0 Å². The first-order valence-corrected chi connectivity index (χ1v) is 19.2. The maximum absolute atomic E-state index is 7.44. The van der Waals surface area contributed by atoms with Crippen LogP contribution >= 0.6 is 0 Å². The minimum Gasteiger partial charge on any atom is -0.465 e. The minimum atomic E-state index is -0.360. The molecule has 1 aromatic heterocycles. The third-order valence-electron chi connectivity index (χ3n) is 11.6. The predicted octanol–water partition coefficient (Wildman–Crippen LogP) is 12.9. The zero-order valence-corrected chi connectivity index (χ0v) is 30.4. The normalized spacial score (nSPS) is 15.4. The highest BCUT2D eigenvalue weighted by Crippen LogP contribution is 2.53. The van der Waals surface area contributed by atoms with Crippen LogP contribution in [0.4, 0.5) is 22.7 Å². The van der Waals surface area contributed by atoms with E-state index in [1.54, 1.807) is 0 Å². The van der Waals surface area contributed by atoms with Crippen LogP contribution in [0.1, 0.15) is 0 Å². The van der Waals surface area contributed by atoms with E-state index in [1.165, 1.54) is 21.8 Å². The summed E-state index contributed by atoms with van der Waals surface area (Å²) in [6, 6.07) is 65.7. The van der Waals surface area contributed by atoms with Crippen molar-refractivity contribution in [3.05, 3.63) is 206 Å². The van der Waals surface area contributed by atoms with Gasteiger partial charge in [0.25, 0.3) is 5.69 Å². The number of hydrogen-bond acceptors (Lipinski definition) is 2. The lowest BCUT2D eigenvalue weighted by Crippen LogP contribution is -2.43. The number of benzene rings is 8. The summed E-state index contributed by atoms with van der Waals surface area (Å²) in [5.41, 5.74) is 14.6. The number of rotatable bonds is 4. The van der Waals surface area contributed by atoms with Crippen LogP contribution in [-0.4, -0.2) is 16.4 Å². The quantitative estimate of drug-likeness (QED) is 0.169. The second-order valence-electron chi connectivity index (χ2n) is 14.7. The van der Waals surface area contributed by atoms with Crippen LogP contribution < -0.4 is 14.2 Å². The first-order chi connectivity index (χ1) is 27.8. The molecule has 8 aromatic carbocycles. The van der Waals surface area contributed by atoms with Gasteiger partial charge in [0.2, 0.25) is 23.3 Å². The van der Waals surface area contributed by atoms with Gasteiger partial charge in [-0.15, -0.1) is 0 Å². The van der Waals surface area contributed by atoms with Gasteiger partial charge in [0, 0.05) is 57.4 Å². The monoisotopic (exact) mass is 716 g/mol. The van der Waals surface area contributed by atoms with Gasteiger partial charge in [-0.05, 0) is 76.7 Å². The van der Waals surface area contributed by atoms with Crippen molar-refractivity contribution in [3.63, 3.8) is 0 Å². The number of anilines is 2. The molecule has 4 nitrogen and oxygen atoms in total. The van der Waals surface area contributed by atoms with Gasteiger partial charge in [0.05, 0.1) is 22.4 Å². The molecule has 6 bridgehead atoms. The Morgan fingerprint density at radius 1 is 0.518 bits per heavy atom. The Balaban J connectivity index is 1.21. The Morgan fingerprint density at radius 2 is 1.20 bits per heavy atom. The fourth-order valence-corrected chi connectivity index (χ4v) is 9.27. The first-order valence-electron chi connectivity index (χ1n) is 19.2. The number of ether oxygens (including phenoxy) is 1. The molecule has 1 atom stereocenters. The summed E-state index contributed by atoms with van der Waals surface area (Å²) < 4.78 is 12.2. The molecule has 1 unspecified atom stereocenters. The van der Waals surface area contributed by atoms with E-state index in [9.17, 15) is 0 Å². The minimum absolute atomic E-state index is 0.360. The van der Waals surface area contributed by atoms with Crippen LogP contribution in [0.3, 0.4) is 0 Å². The highest BCUT2D eigenvalue weighted by Gasteiger charge is 2.44. The molecule has 12 rings (SSSR count). The standard InChI is InChI=1S/C52H34N3O/c1-4-16-35(17-5-1)53-45-27-13-11-23-39(45)43-32-34(30-31-46(43)53)42-33-49-52-50-40(24-14-25-41(42)50)38-22-10-12-26-44(38)54(36-18-6-2-7-19-36)47-28-15-29-48(51(47)56-52)55(49)37-20-8-3-9-21-37/h1-33,51H/q+1. The molecule has 3 heterocycles. The van der Waals surface area contributed by atoms with Crippen LogP contribution in [0.15, 0.2) is 206 Å². The smallest absolute Gasteiger partial charge is 0.255 e. The first kappa shape index (κ1) is 31.0. The number of allylic oxidation sites excluding steroid dienone is 2. The highest BCUT2D eigenvalue weighted by atomic mass is 16.5. The molecule has 4 heteroatoms. The molecule has 0 amide bonds. The SMILES string of the molecule is C1=CC2=[N+](c3ccccc3)c3cc(-c4ccc5c(c4)c4ccccc4n5-c4ccccc4)c4cccc5c4c3OC2C(=C1)N(c1ccccc1)c1ccccc1-5. The average molecular weight is 717 g/mol. The lowest BCUT2D eigenvalue weighted by atomic mass is 9.89. The van der Waals surface area contributed by atoms with Gasteiger partial charge in [-0.1, -0.05) is 121 Å². The number of hydrogen-bond donors (Lipinski definition) is 0. The second kappa shape index (κ2) is 12.0. The van der Waals surface area contributed by atoms with E-state index < -0.39 is 0 Å². The zero-order valence-electron chi connectivity index (χ0n) is 30.4. The molecule has 0 fully saturated rings. The van der Waals surface area contributed by atoms with Crippen molar-refractivity contribution in [3.8, 4) is 33.7 Å². The summed E-state index contributed by atoms with van der Waals surface area (Å²) in [6.07, 6.45) is 6.25. The maximum atomic E-state index is 7.44. The summed E-state index contributed by atoms with van der Waals surface area (Å²) in [5, 5.41) is 4.73. The van der Waals surface area contributed by atoms with Crippen molar-refractivity contribution >= 4 is 61.0 Å².